The molecule has 1 aliphatic rings. The van der Waals surface area contributed by atoms with Crippen LogP contribution in [0.3, 0.4) is 0 Å². The van der Waals surface area contributed by atoms with Crippen LogP contribution < -0.4 is 31.7 Å². The first kappa shape index (κ1) is 24.9. The summed E-state index contributed by atoms with van der Waals surface area (Å²) in [5.41, 5.74) is 7.03. The third kappa shape index (κ3) is 6.18. The summed E-state index contributed by atoms with van der Waals surface area (Å²) in [6, 6.07) is 21.3. The minimum Gasteiger partial charge on any atom is -1.00 e. The molecule has 1 aliphatic heterocycles. The first-order valence-electron chi connectivity index (χ1n) is 11.1. The zero-order valence-electron chi connectivity index (χ0n) is 20.1. The maximum atomic E-state index is 2.14. The Morgan fingerprint density at radius 3 is 1.76 bits per heavy atom. The first-order valence-corrected chi connectivity index (χ1v) is 11.1. The van der Waals surface area contributed by atoms with E-state index in [1.807, 2.05) is 0 Å². The molecule has 0 unspecified atom stereocenters. The van der Waals surface area contributed by atoms with Crippen molar-refractivity contribution in [2.24, 2.45) is 0 Å². The van der Waals surface area contributed by atoms with Crippen molar-refractivity contribution in [2.45, 2.75) is 0 Å². The number of hydrogen-bond donors (Lipinski definition) is 0. The monoisotopic (exact) mass is 470 g/mol. The second-order valence-corrected chi connectivity index (χ2v) is 8.42. The number of aromatic nitrogens is 1. The predicted molar refractivity (Wildman–Crippen MR) is 141 cm³/mol. The number of hydrogen-bond acceptors (Lipinski definition) is 3. The molecule has 0 saturated heterocycles. The zero-order valence-corrected chi connectivity index (χ0v) is 20.9. The van der Waals surface area contributed by atoms with E-state index < -0.39 is 0 Å². The van der Waals surface area contributed by atoms with E-state index in [1.165, 1.54) is 22.5 Å². The molecular weight excluding hydrogens is 440 g/mol. The van der Waals surface area contributed by atoms with Crippen molar-refractivity contribution in [3.05, 3.63) is 121 Å². The average Bonchev–Trinajstić information content (AvgIpc) is 2.85. The first-order chi connectivity index (χ1) is 16.0. The standard InChI is InChI=1S/C29H31N4.ClH/c1-30(2)26-8-12-28(13-9-26)32-20-16-24(17-21-32)6-5-7-25-18-22-33(23-19-25)29-14-10-27(11-15-29)31(3)4;/h5-23H,1-4H3;1H/q+1;/p-1. The van der Waals surface area contributed by atoms with Gasteiger partial charge in [0, 0.05) is 81.9 Å². The van der Waals surface area contributed by atoms with Gasteiger partial charge in [0.15, 0.2) is 12.4 Å². The fourth-order valence-corrected chi connectivity index (χ4v) is 3.56. The lowest BCUT2D eigenvalue weighted by atomic mass is 10.1. The molecule has 0 N–H and O–H groups in total. The van der Waals surface area contributed by atoms with Crippen LogP contribution in [0, 0.1) is 0 Å². The van der Waals surface area contributed by atoms with Crippen molar-refractivity contribution in [2.75, 3.05) is 42.9 Å². The third-order valence-electron chi connectivity index (χ3n) is 5.62. The Morgan fingerprint density at radius 2 is 1.24 bits per heavy atom. The van der Waals surface area contributed by atoms with E-state index in [1.54, 1.807) is 0 Å². The molecule has 0 aliphatic carbocycles. The maximum absolute atomic E-state index is 2.14. The SMILES string of the molecule is CN(C)c1ccc(N2C=CC(=CC=Cc3cc[n+](-c4ccc(N(C)C)cc4)cc3)C=C2)cc1.[Cl-]. The number of anilines is 3. The number of benzene rings is 2. The predicted octanol–water partition coefficient (Wildman–Crippen LogP) is 2.59. The van der Waals surface area contributed by atoms with Crippen LogP contribution in [-0.2, 0) is 0 Å². The van der Waals surface area contributed by atoms with E-state index in [-0.39, 0.29) is 12.4 Å². The Balaban J connectivity index is 0.00000324. The molecule has 3 aromatic rings. The molecule has 1 aromatic heterocycles. The molecule has 4 rings (SSSR count). The minimum absolute atomic E-state index is 0. The second kappa shape index (κ2) is 11.4. The molecule has 0 fully saturated rings. The van der Waals surface area contributed by atoms with E-state index in [9.17, 15) is 0 Å². The summed E-state index contributed by atoms with van der Waals surface area (Å²) in [4.78, 5) is 6.34. The molecule has 2 aromatic carbocycles. The molecule has 0 saturated carbocycles. The lowest BCUT2D eigenvalue weighted by Crippen LogP contribution is -3.00. The molecule has 0 radical (unpaired) electrons. The van der Waals surface area contributed by atoms with Gasteiger partial charge in [-0.05, 0) is 59.7 Å². The van der Waals surface area contributed by atoms with Crippen LogP contribution in [0.5, 0.6) is 0 Å². The summed E-state index contributed by atoms with van der Waals surface area (Å²) in [6.45, 7) is 0. The fourth-order valence-electron chi connectivity index (χ4n) is 3.56. The Labute approximate surface area is 209 Å². The van der Waals surface area contributed by atoms with Crippen LogP contribution >= 0.6 is 0 Å². The normalized spacial score (nSPS) is 12.6. The smallest absolute Gasteiger partial charge is 0.210 e. The topological polar surface area (TPSA) is 13.6 Å². The van der Waals surface area contributed by atoms with Gasteiger partial charge < -0.3 is 27.1 Å². The van der Waals surface area contributed by atoms with Crippen molar-refractivity contribution < 1.29 is 17.0 Å². The molecule has 0 spiro atoms. The number of rotatable bonds is 6. The van der Waals surface area contributed by atoms with E-state index in [0.717, 1.165) is 11.4 Å². The molecule has 174 valence electrons. The Bertz CT molecular complexity index is 1170. The van der Waals surface area contributed by atoms with Gasteiger partial charge in [0.25, 0.3) is 0 Å². The lowest BCUT2D eigenvalue weighted by Gasteiger charge is -2.20. The van der Waals surface area contributed by atoms with Gasteiger partial charge in [0.05, 0.1) is 0 Å². The molecule has 0 atom stereocenters. The molecule has 34 heavy (non-hydrogen) atoms. The van der Waals surface area contributed by atoms with Crippen molar-refractivity contribution in [3.8, 4) is 5.69 Å². The van der Waals surface area contributed by atoms with Crippen molar-refractivity contribution >= 4 is 23.1 Å². The van der Waals surface area contributed by atoms with E-state index >= 15 is 0 Å². The van der Waals surface area contributed by atoms with Crippen LogP contribution in [0.4, 0.5) is 17.1 Å². The zero-order chi connectivity index (χ0) is 23.2. The average molecular weight is 471 g/mol. The quantitative estimate of drug-likeness (QED) is 0.514. The van der Waals surface area contributed by atoms with E-state index in [4.69, 9.17) is 0 Å². The molecule has 2 heterocycles. The Morgan fingerprint density at radius 1 is 0.706 bits per heavy atom. The van der Waals surface area contributed by atoms with Crippen molar-refractivity contribution in [1.29, 1.82) is 0 Å². The van der Waals surface area contributed by atoms with Crippen molar-refractivity contribution in [3.63, 3.8) is 0 Å². The largest absolute Gasteiger partial charge is 1.00 e. The number of halogens is 1. The number of allylic oxidation sites excluding steroid dienone is 5. The highest BCUT2D eigenvalue weighted by atomic mass is 35.5. The minimum atomic E-state index is 0. The van der Waals surface area contributed by atoms with Crippen LogP contribution in [0.25, 0.3) is 11.8 Å². The fraction of sp³-hybridized carbons (Fsp3) is 0.138. The molecular formula is C29H31ClN4. The molecule has 0 bridgehead atoms. The molecule has 4 nitrogen and oxygen atoms in total. The summed E-state index contributed by atoms with van der Waals surface area (Å²) in [7, 11) is 8.21. The highest BCUT2D eigenvalue weighted by Gasteiger charge is 2.06. The summed E-state index contributed by atoms with van der Waals surface area (Å²) < 4.78 is 2.13. The van der Waals surface area contributed by atoms with Gasteiger partial charge in [-0.15, -0.1) is 0 Å². The lowest BCUT2D eigenvalue weighted by molar-refractivity contribution is -0.595. The van der Waals surface area contributed by atoms with Crippen LogP contribution in [0.15, 0.2) is 115 Å². The van der Waals surface area contributed by atoms with Gasteiger partial charge in [0.1, 0.15) is 0 Å². The van der Waals surface area contributed by atoms with Crippen LogP contribution in [-0.4, -0.2) is 28.2 Å². The molecule has 5 heteroatoms. The number of nitrogens with zero attached hydrogens (tertiary/aromatic N) is 4. The van der Waals surface area contributed by atoms with Gasteiger partial charge in [-0.1, -0.05) is 18.2 Å². The van der Waals surface area contributed by atoms with Crippen molar-refractivity contribution in [1.82, 2.24) is 0 Å². The maximum Gasteiger partial charge on any atom is 0.210 e. The van der Waals surface area contributed by atoms with E-state index in [2.05, 4.69) is 163 Å². The summed E-state index contributed by atoms with van der Waals surface area (Å²) in [5, 5.41) is 0. The third-order valence-corrected chi connectivity index (χ3v) is 5.62. The highest BCUT2D eigenvalue weighted by molar-refractivity contribution is 5.61. The Hall–Kier alpha value is -3.76. The van der Waals surface area contributed by atoms with E-state index in [0.29, 0.717) is 0 Å². The van der Waals surface area contributed by atoms with Crippen LogP contribution in [0.2, 0.25) is 0 Å². The second-order valence-electron chi connectivity index (χ2n) is 8.42. The molecule has 0 amide bonds. The van der Waals surface area contributed by atoms with Gasteiger partial charge in [-0.25, -0.2) is 0 Å². The summed E-state index contributed by atoms with van der Waals surface area (Å²) in [6.07, 6.45) is 19.0. The summed E-state index contributed by atoms with van der Waals surface area (Å²) >= 11 is 0. The summed E-state index contributed by atoms with van der Waals surface area (Å²) in [5.74, 6) is 0. The highest BCUT2D eigenvalue weighted by Crippen LogP contribution is 2.23. The Kier molecular flexibility index (Phi) is 8.34. The van der Waals surface area contributed by atoms with Crippen LogP contribution in [0.1, 0.15) is 5.56 Å². The van der Waals surface area contributed by atoms with Gasteiger partial charge in [0.2, 0.25) is 5.69 Å². The number of pyridine rings is 1. The van der Waals surface area contributed by atoms with Gasteiger partial charge >= 0.3 is 0 Å². The van der Waals surface area contributed by atoms with Gasteiger partial charge in [-0.2, -0.15) is 4.57 Å². The van der Waals surface area contributed by atoms with Gasteiger partial charge in [-0.3, -0.25) is 0 Å².